The van der Waals surface area contributed by atoms with Gasteiger partial charge in [0.1, 0.15) is 0 Å². The Labute approximate surface area is 131 Å². The molecule has 0 heterocycles. The van der Waals surface area contributed by atoms with Crippen LogP contribution in [-0.4, -0.2) is 5.91 Å². The highest BCUT2D eigenvalue weighted by atomic mass is 35.5. The average Bonchev–Trinajstić information content (AvgIpc) is 2.44. The summed E-state index contributed by atoms with van der Waals surface area (Å²) in [5.41, 5.74) is 5.53. The van der Waals surface area contributed by atoms with Gasteiger partial charge in [-0.15, -0.1) is 0 Å². The third kappa shape index (κ3) is 4.33. The zero-order chi connectivity index (χ0) is 15.4. The van der Waals surface area contributed by atoms with Crippen LogP contribution in [-0.2, 0) is 11.2 Å². The van der Waals surface area contributed by atoms with E-state index in [4.69, 9.17) is 11.6 Å². The van der Waals surface area contributed by atoms with Crippen molar-refractivity contribution in [2.75, 3.05) is 5.32 Å². The van der Waals surface area contributed by atoms with Crippen molar-refractivity contribution in [3.8, 4) is 0 Å². The van der Waals surface area contributed by atoms with Crippen LogP contribution in [0.4, 0.5) is 5.69 Å². The Balaban J connectivity index is 1.95. The number of nitrogens with one attached hydrogen (secondary N) is 1. The summed E-state index contributed by atoms with van der Waals surface area (Å²) in [6, 6.07) is 11.8. The molecule has 0 aliphatic carbocycles. The van der Waals surface area contributed by atoms with Gasteiger partial charge in [-0.2, -0.15) is 0 Å². The Kier molecular flexibility index (Phi) is 5.03. The lowest BCUT2D eigenvalue weighted by Crippen LogP contribution is -2.13. The predicted octanol–water partition coefficient (Wildman–Crippen LogP) is 4.84. The molecule has 1 amide bonds. The number of hydrogen-bond acceptors (Lipinski definition) is 1. The topological polar surface area (TPSA) is 29.1 Å². The van der Waals surface area contributed by atoms with Gasteiger partial charge in [0.05, 0.1) is 0 Å². The number of carbonyl (C=O) groups excluding carboxylic acids is 1. The first-order valence-corrected chi connectivity index (χ1v) is 7.45. The van der Waals surface area contributed by atoms with Crippen LogP contribution >= 0.6 is 11.6 Å². The van der Waals surface area contributed by atoms with Gasteiger partial charge < -0.3 is 5.32 Å². The third-order valence-electron chi connectivity index (χ3n) is 3.69. The number of rotatable bonds is 4. The molecule has 2 aromatic rings. The number of anilines is 1. The van der Waals surface area contributed by atoms with Crippen LogP contribution in [0.1, 0.15) is 28.7 Å². The van der Waals surface area contributed by atoms with Gasteiger partial charge in [0, 0.05) is 17.1 Å². The van der Waals surface area contributed by atoms with Crippen molar-refractivity contribution < 1.29 is 4.79 Å². The van der Waals surface area contributed by atoms with E-state index in [0.29, 0.717) is 11.4 Å². The maximum absolute atomic E-state index is 12.0. The van der Waals surface area contributed by atoms with E-state index in [1.807, 2.05) is 19.1 Å². The van der Waals surface area contributed by atoms with E-state index in [1.54, 1.807) is 6.07 Å². The normalized spacial score (nSPS) is 10.5. The first-order chi connectivity index (χ1) is 9.95. The summed E-state index contributed by atoms with van der Waals surface area (Å²) >= 11 is 5.95. The molecule has 0 aliphatic heterocycles. The van der Waals surface area contributed by atoms with Gasteiger partial charge in [0.25, 0.3) is 0 Å². The minimum Gasteiger partial charge on any atom is -0.326 e. The van der Waals surface area contributed by atoms with E-state index in [-0.39, 0.29) is 5.91 Å². The number of amides is 1. The van der Waals surface area contributed by atoms with Crippen LogP contribution in [0, 0.1) is 20.8 Å². The summed E-state index contributed by atoms with van der Waals surface area (Å²) in [7, 11) is 0. The van der Waals surface area contributed by atoms with Gasteiger partial charge in [0.15, 0.2) is 0 Å². The van der Waals surface area contributed by atoms with Crippen molar-refractivity contribution in [2.45, 2.75) is 33.6 Å². The standard InChI is InChI=1S/C18H20ClNO/c1-12-4-6-15(10-14(12)3)7-9-18(21)20-17-11-16(19)8-5-13(17)2/h4-6,8,10-11H,7,9H2,1-3H3,(H,20,21). The summed E-state index contributed by atoms with van der Waals surface area (Å²) in [5.74, 6) is 0.0126. The lowest BCUT2D eigenvalue weighted by molar-refractivity contribution is -0.116. The lowest BCUT2D eigenvalue weighted by Gasteiger charge is -2.09. The Bertz CT molecular complexity index is 664. The monoisotopic (exact) mass is 301 g/mol. The van der Waals surface area contributed by atoms with Crippen molar-refractivity contribution in [3.05, 3.63) is 63.7 Å². The van der Waals surface area contributed by atoms with E-state index in [1.165, 1.54) is 16.7 Å². The van der Waals surface area contributed by atoms with E-state index in [2.05, 4.69) is 37.4 Å². The molecule has 110 valence electrons. The van der Waals surface area contributed by atoms with E-state index >= 15 is 0 Å². The van der Waals surface area contributed by atoms with E-state index < -0.39 is 0 Å². The molecular formula is C18H20ClNO. The third-order valence-corrected chi connectivity index (χ3v) is 3.92. The molecular weight excluding hydrogens is 282 g/mol. The second-order valence-electron chi connectivity index (χ2n) is 5.43. The van der Waals surface area contributed by atoms with Crippen molar-refractivity contribution >= 4 is 23.2 Å². The molecule has 0 radical (unpaired) electrons. The summed E-state index contributed by atoms with van der Waals surface area (Å²) in [4.78, 5) is 12.0. The molecule has 0 aliphatic rings. The van der Waals surface area contributed by atoms with Crippen LogP contribution in [0.2, 0.25) is 5.02 Å². The number of carbonyl (C=O) groups is 1. The van der Waals surface area contributed by atoms with E-state index in [0.717, 1.165) is 17.7 Å². The Hall–Kier alpha value is -1.80. The molecule has 0 spiro atoms. The van der Waals surface area contributed by atoms with Crippen LogP contribution in [0.3, 0.4) is 0 Å². The fourth-order valence-corrected chi connectivity index (χ4v) is 2.33. The van der Waals surface area contributed by atoms with Crippen molar-refractivity contribution in [1.82, 2.24) is 0 Å². The summed E-state index contributed by atoms with van der Waals surface area (Å²) < 4.78 is 0. The minimum atomic E-state index is 0.0126. The lowest BCUT2D eigenvalue weighted by atomic mass is 10.0. The predicted molar refractivity (Wildman–Crippen MR) is 89.1 cm³/mol. The number of aryl methyl sites for hydroxylation is 4. The highest BCUT2D eigenvalue weighted by Crippen LogP contribution is 2.20. The van der Waals surface area contributed by atoms with Gasteiger partial charge in [-0.25, -0.2) is 0 Å². The zero-order valence-corrected chi connectivity index (χ0v) is 13.4. The van der Waals surface area contributed by atoms with Crippen molar-refractivity contribution in [3.63, 3.8) is 0 Å². The molecule has 0 atom stereocenters. The summed E-state index contributed by atoms with van der Waals surface area (Å²) in [6.45, 7) is 6.14. The molecule has 0 fully saturated rings. The minimum absolute atomic E-state index is 0.0126. The molecule has 0 unspecified atom stereocenters. The Morgan fingerprint density at radius 2 is 1.71 bits per heavy atom. The smallest absolute Gasteiger partial charge is 0.224 e. The van der Waals surface area contributed by atoms with Crippen LogP contribution < -0.4 is 5.32 Å². The van der Waals surface area contributed by atoms with Crippen molar-refractivity contribution in [1.29, 1.82) is 0 Å². The van der Waals surface area contributed by atoms with Crippen LogP contribution in [0.15, 0.2) is 36.4 Å². The molecule has 0 saturated heterocycles. The highest BCUT2D eigenvalue weighted by molar-refractivity contribution is 6.31. The molecule has 2 aromatic carbocycles. The average molecular weight is 302 g/mol. The van der Waals surface area contributed by atoms with Gasteiger partial charge in [-0.3, -0.25) is 4.79 Å². The molecule has 0 bridgehead atoms. The first-order valence-electron chi connectivity index (χ1n) is 7.08. The zero-order valence-electron chi connectivity index (χ0n) is 12.7. The molecule has 1 N–H and O–H groups in total. The largest absolute Gasteiger partial charge is 0.326 e. The van der Waals surface area contributed by atoms with Gasteiger partial charge in [0.2, 0.25) is 5.91 Å². The number of benzene rings is 2. The highest BCUT2D eigenvalue weighted by Gasteiger charge is 2.06. The maximum Gasteiger partial charge on any atom is 0.224 e. The molecule has 0 saturated carbocycles. The fourth-order valence-electron chi connectivity index (χ4n) is 2.16. The quantitative estimate of drug-likeness (QED) is 0.860. The number of hydrogen-bond donors (Lipinski definition) is 1. The molecule has 21 heavy (non-hydrogen) atoms. The van der Waals surface area contributed by atoms with E-state index in [9.17, 15) is 4.79 Å². The van der Waals surface area contributed by atoms with Crippen LogP contribution in [0.25, 0.3) is 0 Å². The van der Waals surface area contributed by atoms with Gasteiger partial charge >= 0.3 is 0 Å². The van der Waals surface area contributed by atoms with Gasteiger partial charge in [-0.05, 0) is 61.6 Å². The Morgan fingerprint density at radius 1 is 1.00 bits per heavy atom. The van der Waals surface area contributed by atoms with Gasteiger partial charge in [-0.1, -0.05) is 35.9 Å². The maximum atomic E-state index is 12.0. The molecule has 2 rings (SSSR count). The summed E-state index contributed by atoms with van der Waals surface area (Å²) in [6.07, 6.45) is 1.21. The number of halogens is 1. The summed E-state index contributed by atoms with van der Waals surface area (Å²) in [5, 5.41) is 3.55. The van der Waals surface area contributed by atoms with Crippen molar-refractivity contribution in [2.24, 2.45) is 0 Å². The van der Waals surface area contributed by atoms with Crippen LogP contribution in [0.5, 0.6) is 0 Å². The second-order valence-corrected chi connectivity index (χ2v) is 5.86. The molecule has 3 heteroatoms. The Morgan fingerprint density at radius 3 is 2.43 bits per heavy atom. The molecule has 2 nitrogen and oxygen atoms in total. The molecule has 0 aromatic heterocycles. The second kappa shape index (κ2) is 6.77. The SMILES string of the molecule is Cc1ccc(CCC(=O)Nc2cc(Cl)ccc2C)cc1C. The fraction of sp³-hybridized carbons (Fsp3) is 0.278. The first kappa shape index (κ1) is 15.6.